The van der Waals surface area contributed by atoms with E-state index in [4.69, 9.17) is 11.6 Å². The van der Waals surface area contributed by atoms with Gasteiger partial charge in [0.1, 0.15) is 0 Å². The molecule has 1 unspecified atom stereocenters. The summed E-state index contributed by atoms with van der Waals surface area (Å²) in [7, 11) is 4.30. The third-order valence-corrected chi connectivity index (χ3v) is 4.18. The van der Waals surface area contributed by atoms with Gasteiger partial charge >= 0.3 is 0 Å². The van der Waals surface area contributed by atoms with Crippen molar-refractivity contribution in [3.8, 4) is 0 Å². The normalized spacial score (nSPS) is 13.1. The van der Waals surface area contributed by atoms with Crippen molar-refractivity contribution < 1.29 is 5.11 Å². The van der Waals surface area contributed by atoms with Gasteiger partial charge in [-0.05, 0) is 33.5 Å². The average molecular weight is 306 g/mol. The zero-order valence-electron chi connectivity index (χ0n) is 13.7. The summed E-state index contributed by atoms with van der Waals surface area (Å²) in [6, 6.07) is 0. The van der Waals surface area contributed by atoms with Gasteiger partial charge in [-0.2, -0.15) is 0 Å². The molecule has 0 aliphatic rings. The summed E-state index contributed by atoms with van der Waals surface area (Å²) in [5, 5.41) is 9.32. The van der Waals surface area contributed by atoms with Crippen LogP contribution in [0.15, 0.2) is 0 Å². The minimum atomic E-state index is -0.288. The Hall–Kier alpha value is 0.210. The van der Waals surface area contributed by atoms with E-state index < -0.39 is 0 Å². The van der Waals surface area contributed by atoms with Crippen molar-refractivity contribution in [1.82, 2.24) is 4.90 Å². The van der Waals surface area contributed by atoms with E-state index >= 15 is 0 Å². The molecule has 0 bridgehead atoms. The molecule has 0 saturated heterocycles. The molecule has 0 aromatic heterocycles. The van der Waals surface area contributed by atoms with E-state index in [-0.39, 0.29) is 6.10 Å². The number of nitrogens with zero attached hydrogens (tertiary/aromatic N) is 1. The topological polar surface area (TPSA) is 23.5 Å². The molecule has 2 nitrogen and oxygen atoms in total. The van der Waals surface area contributed by atoms with Gasteiger partial charge in [-0.15, -0.1) is 11.6 Å². The molecule has 122 valence electrons. The first kappa shape index (κ1) is 20.2. The van der Waals surface area contributed by atoms with Crippen LogP contribution in [0.25, 0.3) is 0 Å². The Bertz CT molecular complexity index is 188. The van der Waals surface area contributed by atoms with Crippen molar-refractivity contribution in [2.45, 2.75) is 83.2 Å². The highest BCUT2D eigenvalue weighted by atomic mass is 35.5. The van der Waals surface area contributed by atoms with Crippen LogP contribution in [-0.2, 0) is 0 Å². The molecule has 0 fully saturated rings. The van der Waals surface area contributed by atoms with E-state index in [9.17, 15) is 5.11 Å². The first-order valence-electron chi connectivity index (χ1n) is 8.55. The number of hydrogen-bond donors (Lipinski definition) is 1. The molecule has 3 heteroatoms. The lowest BCUT2D eigenvalue weighted by Crippen LogP contribution is -2.12. The quantitative estimate of drug-likeness (QED) is 0.346. The highest BCUT2D eigenvalue weighted by Crippen LogP contribution is 2.12. The molecule has 0 spiro atoms. The second-order valence-corrected chi connectivity index (χ2v) is 6.60. The van der Waals surface area contributed by atoms with Gasteiger partial charge in [0.15, 0.2) is 0 Å². The lowest BCUT2D eigenvalue weighted by Gasteiger charge is -2.08. The third-order valence-electron chi connectivity index (χ3n) is 3.82. The number of aliphatic hydroxyl groups excluding tert-OH is 1. The van der Waals surface area contributed by atoms with Crippen LogP contribution in [0.3, 0.4) is 0 Å². The van der Waals surface area contributed by atoms with Crippen LogP contribution in [0.4, 0.5) is 0 Å². The van der Waals surface area contributed by atoms with Crippen LogP contribution < -0.4 is 0 Å². The van der Waals surface area contributed by atoms with Gasteiger partial charge in [0, 0.05) is 5.88 Å². The Kier molecular flexibility index (Phi) is 15.8. The van der Waals surface area contributed by atoms with Gasteiger partial charge in [-0.3, -0.25) is 0 Å². The van der Waals surface area contributed by atoms with Crippen LogP contribution in [0.5, 0.6) is 0 Å². The molecule has 1 atom stereocenters. The summed E-state index contributed by atoms with van der Waals surface area (Å²) in [5.41, 5.74) is 0. The van der Waals surface area contributed by atoms with Crippen molar-refractivity contribution in [1.29, 1.82) is 0 Å². The molecule has 0 radical (unpaired) electrons. The monoisotopic (exact) mass is 305 g/mol. The van der Waals surface area contributed by atoms with E-state index in [0.717, 1.165) is 12.8 Å². The maximum atomic E-state index is 9.32. The average Bonchev–Trinajstić information content (AvgIpc) is 2.43. The molecule has 0 aliphatic heterocycles. The second-order valence-electron chi connectivity index (χ2n) is 6.29. The minimum Gasteiger partial charge on any atom is -0.392 e. The van der Waals surface area contributed by atoms with E-state index in [1.165, 1.54) is 70.8 Å². The largest absolute Gasteiger partial charge is 0.392 e. The number of rotatable bonds is 15. The van der Waals surface area contributed by atoms with Crippen LogP contribution in [0.1, 0.15) is 77.0 Å². The van der Waals surface area contributed by atoms with E-state index in [2.05, 4.69) is 19.0 Å². The number of halogens is 1. The van der Waals surface area contributed by atoms with E-state index in [1.54, 1.807) is 0 Å². The highest BCUT2D eigenvalue weighted by molar-refractivity contribution is 6.18. The fraction of sp³-hybridized carbons (Fsp3) is 1.00. The molecule has 0 rings (SSSR count). The minimum absolute atomic E-state index is 0.288. The van der Waals surface area contributed by atoms with Crippen LogP contribution >= 0.6 is 11.6 Å². The molecule has 0 aliphatic carbocycles. The summed E-state index contributed by atoms with van der Waals surface area (Å²) >= 11 is 5.56. The maximum absolute atomic E-state index is 9.32. The SMILES string of the molecule is CN(C)CCCCCCCCCCCCCC(O)CCl. The second kappa shape index (κ2) is 15.6. The first-order valence-corrected chi connectivity index (χ1v) is 9.09. The molecule has 0 amide bonds. The summed E-state index contributed by atoms with van der Waals surface area (Å²) in [5.74, 6) is 0.383. The Morgan fingerprint density at radius 1 is 0.750 bits per heavy atom. The predicted molar refractivity (Wildman–Crippen MR) is 90.7 cm³/mol. The third kappa shape index (κ3) is 16.3. The molecule has 20 heavy (non-hydrogen) atoms. The fourth-order valence-electron chi connectivity index (χ4n) is 2.48. The highest BCUT2D eigenvalue weighted by Gasteiger charge is 2.00. The predicted octanol–water partition coefficient (Wildman–Crippen LogP) is 4.83. The first-order chi connectivity index (χ1) is 9.66. The van der Waals surface area contributed by atoms with E-state index in [0.29, 0.717) is 5.88 Å². The number of aliphatic hydroxyl groups is 1. The molecule has 1 N–H and O–H groups in total. The number of hydrogen-bond acceptors (Lipinski definition) is 2. The van der Waals surface area contributed by atoms with E-state index in [1.807, 2.05) is 0 Å². The molecular weight excluding hydrogens is 270 g/mol. The van der Waals surface area contributed by atoms with Gasteiger partial charge in [-0.1, -0.05) is 64.2 Å². The molecule has 0 aromatic rings. The van der Waals surface area contributed by atoms with Crippen LogP contribution in [0.2, 0.25) is 0 Å². The van der Waals surface area contributed by atoms with Gasteiger partial charge in [0.2, 0.25) is 0 Å². The van der Waals surface area contributed by atoms with Gasteiger partial charge in [0.05, 0.1) is 6.10 Å². The summed E-state index contributed by atoms with van der Waals surface area (Å²) in [6.45, 7) is 1.23. The van der Waals surface area contributed by atoms with Crippen molar-refractivity contribution in [2.24, 2.45) is 0 Å². The van der Waals surface area contributed by atoms with Gasteiger partial charge in [-0.25, -0.2) is 0 Å². The molecule has 0 heterocycles. The lowest BCUT2D eigenvalue weighted by molar-refractivity contribution is 0.183. The van der Waals surface area contributed by atoms with Crippen molar-refractivity contribution in [2.75, 3.05) is 26.5 Å². The van der Waals surface area contributed by atoms with Gasteiger partial charge < -0.3 is 10.0 Å². The summed E-state index contributed by atoms with van der Waals surface area (Å²) in [6.07, 6.45) is 15.4. The van der Waals surface area contributed by atoms with Crippen molar-refractivity contribution in [3.63, 3.8) is 0 Å². The maximum Gasteiger partial charge on any atom is 0.0675 e. The standard InChI is InChI=1S/C17H36ClNO/c1-19(2)15-13-11-9-7-5-3-4-6-8-10-12-14-17(20)16-18/h17,20H,3-16H2,1-2H3. The molecular formula is C17H36ClNO. The molecule has 0 saturated carbocycles. The number of unbranched alkanes of at least 4 members (excludes halogenated alkanes) is 10. The van der Waals surface area contributed by atoms with Crippen molar-refractivity contribution in [3.05, 3.63) is 0 Å². The summed E-state index contributed by atoms with van der Waals surface area (Å²) in [4.78, 5) is 2.27. The Morgan fingerprint density at radius 3 is 1.55 bits per heavy atom. The van der Waals surface area contributed by atoms with Gasteiger partial charge in [0.25, 0.3) is 0 Å². The Morgan fingerprint density at radius 2 is 1.15 bits per heavy atom. The Balaban J connectivity index is 2.99. The fourth-order valence-corrected chi connectivity index (χ4v) is 2.63. The zero-order chi connectivity index (χ0) is 15.1. The van der Waals surface area contributed by atoms with Crippen LogP contribution in [0, 0.1) is 0 Å². The number of alkyl halides is 1. The molecule has 0 aromatic carbocycles. The smallest absolute Gasteiger partial charge is 0.0675 e. The van der Waals surface area contributed by atoms with Crippen molar-refractivity contribution >= 4 is 11.6 Å². The lowest BCUT2D eigenvalue weighted by atomic mass is 10.0. The zero-order valence-corrected chi connectivity index (χ0v) is 14.5. The van der Waals surface area contributed by atoms with Crippen LogP contribution in [-0.4, -0.2) is 42.6 Å². The summed E-state index contributed by atoms with van der Waals surface area (Å²) < 4.78 is 0. The Labute approximate surface area is 131 Å².